The lowest BCUT2D eigenvalue weighted by Gasteiger charge is -2.32. The van der Waals surface area contributed by atoms with E-state index < -0.39 is 9.84 Å². The normalized spacial score (nSPS) is 17.3. The lowest BCUT2D eigenvalue weighted by atomic mass is 9.93. The quantitative estimate of drug-likeness (QED) is 0.867. The van der Waals surface area contributed by atoms with Gasteiger partial charge in [0.25, 0.3) is 0 Å². The van der Waals surface area contributed by atoms with Crippen LogP contribution in [0.3, 0.4) is 0 Å². The highest BCUT2D eigenvalue weighted by atomic mass is 32.2. The van der Waals surface area contributed by atoms with Gasteiger partial charge in [-0.2, -0.15) is 4.37 Å². The van der Waals surface area contributed by atoms with Crippen LogP contribution in [0, 0.1) is 5.92 Å². The third kappa shape index (κ3) is 3.69. The number of sulfone groups is 1. The summed E-state index contributed by atoms with van der Waals surface area (Å²) >= 11 is 1.22. The van der Waals surface area contributed by atoms with Crippen molar-refractivity contribution in [2.75, 3.05) is 29.5 Å². The number of nitrogens with two attached hydrogens (primary N) is 1. The maximum Gasteiger partial charge on any atom is 0.185 e. The van der Waals surface area contributed by atoms with Crippen molar-refractivity contribution in [1.29, 1.82) is 0 Å². The van der Waals surface area contributed by atoms with E-state index in [1.807, 2.05) is 6.92 Å². The van der Waals surface area contributed by atoms with Crippen LogP contribution in [0.4, 0.5) is 10.8 Å². The Kier molecular flexibility index (Phi) is 5.48. The number of nitrogen functional groups attached to an aromatic ring is 1. The van der Waals surface area contributed by atoms with Gasteiger partial charge in [0.15, 0.2) is 15.7 Å². The largest absolute Gasteiger partial charge is 0.382 e. The first kappa shape index (κ1) is 16.5. The van der Waals surface area contributed by atoms with Crippen LogP contribution in [-0.4, -0.2) is 31.6 Å². The van der Waals surface area contributed by atoms with E-state index >= 15 is 0 Å². The van der Waals surface area contributed by atoms with Gasteiger partial charge in [0.05, 0.1) is 5.75 Å². The van der Waals surface area contributed by atoms with E-state index in [9.17, 15) is 8.42 Å². The van der Waals surface area contributed by atoms with Crippen LogP contribution in [0.25, 0.3) is 0 Å². The standard InChI is InChI=1S/C14H25N3O2S2/c1-3-5-11-6-8-17(9-7-11)14-12(13(15)16-20-14)21(18,19)10-4-2/h11H,3-10H2,1-2H3,(H2,15,16). The average molecular weight is 332 g/mol. The molecule has 0 atom stereocenters. The molecule has 1 aliphatic heterocycles. The summed E-state index contributed by atoms with van der Waals surface area (Å²) in [7, 11) is -3.32. The Balaban J connectivity index is 2.19. The molecule has 1 aromatic heterocycles. The summed E-state index contributed by atoms with van der Waals surface area (Å²) in [6.45, 7) is 5.89. The van der Waals surface area contributed by atoms with Gasteiger partial charge in [-0.05, 0) is 36.7 Å². The highest BCUT2D eigenvalue weighted by molar-refractivity contribution is 7.91. The molecule has 0 unspecified atom stereocenters. The van der Waals surface area contributed by atoms with Crippen LogP contribution >= 0.6 is 11.5 Å². The number of anilines is 2. The monoisotopic (exact) mass is 331 g/mol. The number of nitrogens with zero attached hydrogens (tertiary/aromatic N) is 2. The maximum atomic E-state index is 12.4. The average Bonchev–Trinajstić information content (AvgIpc) is 2.83. The van der Waals surface area contributed by atoms with Crippen molar-refractivity contribution in [3.05, 3.63) is 0 Å². The molecule has 0 radical (unpaired) electrons. The van der Waals surface area contributed by atoms with Crippen LogP contribution in [0.5, 0.6) is 0 Å². The smallest absolute Gasteiger partial charge is 0.185 e. The first-order valence-electron chi connectivity index (χ1n) is 7.72. The Hall–Kier alpha value is -0.820. The molecule has 1 aromatic rings. The molecule has 120 valence electrons. The second kappa shape index (κ2) is 6.96. The second-order valence-corrected chi connectivity index (χ2v) is 8.54. The Morgan fingerprint density at radius 1 is 1.29 bits per heavy atom. The minimum Gasteiger partial charge on any atom is -0.382 e. The number of hydrogen-bond acceptors (Lipinski definition) is 6. The van der Waals surface area contributed by atoms with Gasteiger partial charge in [-0.3, -0.25) is 0 Å². The molecule has 7 heteroatoms. The maximum absolute atomic E-state index is 12.4. The van der Waals surface area contributed by atoms with Crippen LogP contribution < -0.4 is 10.6 Å². The van der Waals surface area contributed by atoms with Crippen molar-refractivity contribution < 1.29 is 8.42 Å². The zero-order valence-electron chi connectivity index (χ0n) is 12.8. The van der Waals surface area contributed by atoms with Gasteiger partial charge in [0.1, 0.15) is 9.90 Å². The number of piperidine rings is 1. The SMILES string of the molecule is CCCC1CCN(c2snc(N)c2S(=O)(=O)CCC)CC1. The van der Waals surface area contributed by atoms with E-state index in [2.05, 4.69) is 16.2 Å². The fourth-order valence-electron chi connectivity index (χ4n) is 2.98. The lowest BCUT2D eigenvalue weighted by Crippen LogP contribution is -2.34. The van der Waals surface area contributed by atoms with Gasteiger partial charge >= 0.3 is 0 Å². The first-order valence-corrected chi connectivity index (χ1v) is 10.1. The lowest BCUT2D eigenvalue weighted by molar-refractivity contribution is 0.378. The van der Waals surface area contributed by atoms with E-state index in [1.54, 1.807) is 0 Å². The highest BCUT2D eigenvalue weighted by Gasteiger charge is 2.29. The van der Waals surface area contributed by atoms with E-state index in [0.717, 1.165) is 36.9 Å². The number of rotatable bonds is 6. The minimum absolute atomic E-state index is 0.134. The van der Waals surface area contributed by atoms with Gasteiger partial charge < -0.3 is 10.6 Å². The summed E-state index contributed by atoms with van der Waals surface area (Å²) in [5, 5.41) is 0.746. The Morgan fingerprint density at radius 3 is 2.52 bits per heavy atom. The molecule has 0 spiro atoms. The van der Waals surface area contributed by atoms with Gasteiger partial charge in [-0.15, -0.1) is 0 Å². The first-order chi connectivity index (χ1) is 9.99. The zero-order chi connectivity index (χ0) is 15.5. The number of aromatic nitrogens is 1. The van der Waals surface area contributed by atoms with Crippen LogP contribution in [0.1, 0.15) is 46.0 Å². The molecule has 2 heterocycles. The summed E-state index contributed by atoms with van der Waals surface area (Å²) in [5.74, 6) is 1.07. The summed E-state index contributed by atoms with van der Waals surface area (Å²) < 4.78 is 28.9. The third-order valence-electron chi connectivity index (χ3n) is 4.04. The molecule has 0 aliphatic carbocycles. The molecule has 1 saturated heterocycles. The van der Waals surface area contributed by atoms with Crippen molar-refractivity contribution in [3.8, 4) is 0 Å². The second-order valence-electron chi connectivity index (χ2n) is 5.74. The number of hydrogen-bond donors (Lipinski definition) is 1. The van der Waals surface area contributed by atoms with Gasteiger partial charge in [-0.1, -0.05) is 26.7 Å². The van der Waals surface area contributed by atoms with E-state index in [4.69, 9.17) is 5.73 Å². The van der Waals surface area contributed by atoms with Crippen molar-refractivity contribution in [3.63, 3.8) is 0 Å². The zero-order valence-corrected chi connectivity index (χ0v) is 14.5. The summed E-state index contributed by atoms with van der Waals surface area (Å²) in [5.41, 5.74) is 5.83. The van der Waals surface area contributed by atoms with Crippen LogP contribution in [0.2, 0.25) is 0 Å². The highest BCUT2D eigenvalue weighted by Crippen LogP contribution is 2.37. The molecule has 5 nitrogen and oxygen atoms in total. The summed E-state index contributed by atoms with van der Waals surface area (Å²) in [4.78, 5) is 2.42. The summed E-state index contributed by atoms with van der Waals surface area (Å²) in [6, 6.07) is 0. The Bertz CT molecular complexity index is 561. The molecule has 0 amide bonds. The fourth-order valence-corrected chi connectivity index (χ4v) is 5.80. The molecular weight excluding hydrogens is 306 g/mol. The molecule has 0 bridgehead atoms. The summed E-state index contributed by atoms with van der Waals surface area (Å²) in [6.07, 6.45) is 5.32. The third-order valence-corrected chi connectivity index (χ3v) is 7.06. The molecule has 2 N–H and O–H groups in total. The molecule has 1 aliphatic rings. The fraction of sp³-hybridized carbons (Fsp3) is 0.786. The Labute approximate surface area is 131 Å². The van der Waals surface area contributed by atoms with E-state index in [-0.39, 0.29) is 16.5 Å². The van der Waals surface area contributed by atoms with Gasteiger partial charge in [0.2, 0.25) is 0 Å². The van der Waals surface area contributed by atoms with Crippen molar-refractivity contribution in [2.45, 2.75) is 50.8 Å². The molecule has 0 aromatic carbocycles. The van der Waals surface area contributed by atoms with E-state index in [0.29, 0.717) is 6.42 Å². The predicted molar refractivity (Wildman–Crippen MR) is 88.7 cm³/mol. The van der Waals surface area contributed by atoms with Gasteiger partial charge in [-0.25, -0.2) is 8.42 Å². The Morgan fingerprint density at radius 2 is 1.95 bits per heavy atom. The van der Waals surface area contributed by atoms with Crippen molar-refractivity contribution in [2.24, 2.45) is 5.92 Å². The molecule has 2 rings (SSSR count). The molecular formula is C14H25N3O2S2. The molecule has 21 heavy (non-hydrogen) atoms. The minimum atomic E-state index is -3.32. The van der Waals surface area contributed by atoms with Gasteiger partial charge in [0, 0.05) is 13.1 Å². The molecule has 1 fully saturated rings. The van der Waals surface area contributed by atoms with Crippen LogP contribution in [0.15, 0.2) is 4.90 Å². The molecule has 0 saturated carbocycles. The van der Waals surface area contributed by atoms with Crippen molar-refractivity contribution in [1.82, 2.24) is 4.37 Å². The predicted octanol–water partition coefficient (Wildman–Crippen LogP) is 2.93. The topological polar surface area (TPSA) is 76.3 Å². The van der Waals surface area contributed by atoms with Crippen LogP contribution in [-0.2, 0) is 9.84 Å². The van der Waals surface area contributed by atoms with E-state index in [1.165, 1.54) is 24.4 Å². The van der Waals surface area contributed by atoms with Crippen molar-refractivity contribution >= 4 is 32.2 Å².